The van der Waals surface area contributed by atoms with E-state index in [9.17, 15) is 19.9 Å². The molecule has 1 aliphatic rings. The average molecular weight is 471 g/mol. The highest BCUT2D eigenvalue weighted by molar-refractivity contribution is 6.63. The molecule has 1 aromatic carbocycles. The van der Waals surface area contributed by atoms with Crippen LogP contribution in [0.3, 0.4) is 0 Å². The molecule has 0 aliphatic carbocycles. The SMILES string of the molecule is C=CCOC(=O)C(=[N+]=[N-])C(=O)[C@H](c1ccccc1)[C@H]1NC(=O)[C@H]1[C@@H](CO[Si](C)C)C(C)(C)C. The zero-order chi connectivity index (χ0) is 24.8. The molecule has 4 atom stereocenters. The molecule has 1 fully saturated rings. The normalized spacial score (nSPS) is 19.5. The number of nitrogens with zero attached hydrogens (tertiary/aromatic N) is 2. The van der Waals surface area contributed by atoms with E-state index in [1.54, 1.807) is 30.3 Å². The third-order valence-electron chi connectivity index (χ3n) is 5.76. The summed E-state index contributed by atoms with van der Waals surface area (Å²) in [5.41, 5.74) is 9.07. The van der Waals surface area contributed by atoms with E-state index in [4.69, 9.17) is 9.16 Å². The fourth-order valence-corrected chi connectivity index (χ4v) is 4.53. The predicted octanol–water partition coefficient (Wildman–Crippen LogP) is 2.78. The lowest BCUT2D eigenvalue weighted by molar-refractivity contribution is -0.145. The summed E-state index contributed by atoms with van der Waals surface area (Å²) in [6.07, 6.45) is 1.35. The summed E-state index contributed by atoms with van der Waals surface area (Å²) in [5.74, 6) is -3.58. The number of Topliss-reactive ketones (excluding diaryl/α,β-unsaturated/α-hetero) is 1. The maximum absolute atomic E-state index is 13.5. The highest BCUT2D eigenvalue weighted by Gasteiger charge is 2.55. The summed E-state index contributed by atoms with van der Waals surface area (Å²) in [5, 5.41) is 2.86. The minimum atomic E-state index is -1.05. The van der Waals surface area contributed by atoms with Crippen molar-refractivity contribution in [2.24, 2.45) is 17.3 Å². The predicted molar refractivity (Wildman–Crippen MR) is 126 cm³/mol. The second-order valence-electron chi connectivity index (χ2n) is 9.34. The van der Waals surface area contributed by atoms with E-state index >= 15 is 0 Å². The summed E-state index contributed by atoms with van der Waals surface area (Å²) in [4.78, 5) is 41.6. The molecule has 2 rings (SSSR count). The average Bonchev–Trinajstić information content (AvgIpc) is 2.75. The lowest BCUT2D eigenvalue weighted by Gasteiger charge is -2.48. The first-order valence-corrected chi connectivity index (χ1v) is 13.3. The first-order valence-electron chi connectivity index (χ1n) is 10.9. The molecule has 8 nitrogen and oxygen atoms in total. The lowest BCUT2D eigenvalue weighted by atomic mass is 9.63. The van der Waals surface area contributed by atoms with Crippen LogP contribution in [0, 0.1) is 17.3 Å². The van der Waals surface area contributed by atoms with E-state index in [1.807, 2.05) is 33.9 Å². The summed E-state index contributed by atoms with van der Waals surface area (Å²) >= 11 is 0. The van der Waals surface area contributed by atoms with Gasteiger partial charge in [-0.25, -0.2) is 4.79 Å². The molecule has 1 amide bonds. The smallest absolute Gasteiger partial charge is 0.442 e. The summed E-state index contributed by atoms with van der Waals surface area (Å²) < 4.78 is 10.9. The van der Waals surface area contributed by atoms with Gasteiger partial charge in [-0.3, -0.25) is 9.59 Å². The molecule has 177 valence electrons. The van der Waals surface area contributed by atoms with E-state index in [0.717, 1.165) is 0 Å². The fourth-order valence-electron chi connectivity index (χ4n) is 4.01. The highest BCUT2D eigenvalue weighted by Crippen LogP contribution is 2.42. The molecule has 0 aromatic heterocycles. The Balaban J connectivity index is 2.48. The number of carbonyl (C=O) groups excluding carboxylic acids is 3. The van der Waals surface area contributed by atoms with E-state index in [0.29, 0.717) is 12.2 Å². The van der Waals surface area contributed by atoms with Crippen LogP contribution in [0.4, 0.5) is 0 Å². The topological polar surface area (TPSA) is 118 Å². The van der Waals surface area contributed by atoms with Gasteiger partial charge in [0.1, 0.15) is 6.61 Å². The third kappa shape index (κ3) is 6.34. The Morgan fingerprint density at radius 1 is 1.27 bits per heavy atom. The van der Waals surface area contributed by atoms with Gasteiger partial charge in [-0.05, 0) is 30.0 Å². The van der Waals surface area contributed by atoms with Crippen molar-refractivity contribution < 1.29 is 28.3 Å². The summed E-state index contributed by atoms with van der Waals surface area (Å²) in [6, 6.07) is 8.23. The number of rotatable bonds is 11. The number of hydrogen-bond acceptors (Lipinski definition) is 5. The highest BCUT2D eigenvalue weighted by atomic mass is 28.3. The molecule has 1 N–H and O–H groups in total. The summed E-state index contributed by atoms with van der Waals surface area (Å²) in [6.45, 7) is 13.9. The Morgan fingerprint density at radius 2 is 1.91 bits per heavy atom. The van der Waals surface area contributed by atoms with Crippen molar-refractivity contribution in [3.63, 3.8) is 0 Å². The standard InChI is InChI=1S/C24H32N3O5Si/c1-7-13-31-23(30)20(27-25)21(28)17(15-11-9-8-10-12-15)19-18(22(29)26-19)16(24(2,3)4)14-32-33(5)6/h7-12,16-19H,1,13-14H2,2-6H3,(H,26,29)/t16-,17-,18+,19-/m1/s1. The van der Waals surface area contributed by atoms with Crippen LogP contribution in [0.5, 0.6) is 0 Å². The zero-order valence-corrected chi connectivity index (χ0v) is 20.8. The Hall–Kier alpha value is -2.87. The molecule has 9 heteroatoms. The minimum absolute atomic E-state index is 0.134. The molecule has 1 heterocycles. The second kappa shape index (κ2) is 11.3. The molecule has 33 heavy (non-hydrogen) atoms. The van der Waals surface area contributed by atoms with Crippen LogP contribution in [0.1, 0.15) is 32.3 Å². The first kappa shape index (κ1) is 26.4. The lowest BCUT2D eigenvalue weighted by Crippen LogP contribution is -2.66. The van der Waals surface area contributed by atoms with Crippen molar-refractivity contribution in [1.82, 2.24) is 5.32 Å². The van der Waals surface area contributed by atoms with Crippen molar-refractivity contribution in [1.29, 1.82) is 0 Å². The van der Waals surface area contributed by atoms with Gasteiger partial charge < -0.3 is 20.0 Å². The largest absolute Gasteiger partial charge is 0.453 e. The van der Waals surface area contributed by atoms with Crippen molar-refractivity contribution in [3.05, 3.63) is 54.1 Å². The molecule has 1 aliphatic heterocycles. The number of ether oxygens (including phenoxy) is 1. The Labute approximate surface area is 196 Å². The van der Waals surface area contributed by atoms with Crippen LogP contribution < -0.4 is 5.32 Å². The molecule has 0 bridgehead atoms. The van der Waals surface area contributed by atoms with Crippen LogP contribution in [0.2, 0.25) is 13.1 Å². The van der Waals surface area contributed by atoms with Crippen LogP contribution >= 0.6 is 0 Å². The van der Waals surface area contributed by atoms with Gasteiger partial charge in [-0.1, -0.05) is 63.8 Å². The number of amides is 1. The molecule has 0 unspecified atom stereocenters. The Morgan fingerprint density at radius 3 is 2.39 bits per heavy atom. The van der Waals surface area contributed by atoms with Crippen molar-refractivity contribution in [2.45, 2.75) is 45.8 Å². The molecular weight excluding hydrogens is 438 g/mol. The number of benzene rings is 1. The van der Waals surface area contributed by atoms with E-state index < -0.39 is 44.4 Å². The van der Waals surface area contributed by atoms with Gasteiger partial charge in [0.15, 0.2) is 0 Å². The summed E-state index contributed by atoms with van der Waals surface area (Å²) in [7, 11) is -0.986. The molecule has 0 saturated carbocycles. The van der Waals surface area contributed by atoms with Gasteiger partial charge in [0.25, 0.3) is 5.78 Å². The van der Waals surface area contributed by atoms with Gasteiger partial charge in [-0.2, -0.15) is 4.79 Å². The molecule has 1 aromatic rings. The van der Waals surface area contributed by atoms with E-state index in [-0.39, 0.29) is 23.8 Å². The third-order valence-corrected chi connectivity index (χ3v) is 6.50. The number of esters is 1. The number of hydrogen-bond donors (Lipinski definition) is 1. The molecule has 1 saturated heterocycles. The Bertz CT molecular complexity index is 935. The van der Waals surface area contributed by atoms with Crippen LogP contribution in [0.25, 0.3) is 5.53 Å². The fraction of sp³-hybridized carbons (Fsp3) is 0.500. The monoisotopic (exact) mass is 470 g/mol. The van der Waals surface area contributed by atoms with Gasteiger partial charge in [0, 0.05) is 6.61 Å². The zero-order valence-electron chi connectivity index (χ0n) is 19.8. The van der Waals surface area contributed by atoms with Crippen molar-refractivity contribution in [3.8, 4) is 0 Å². The number of nitrogens with one attached hydrogen (secondary N) is 1. The van der Waals surface area contributed by atoms with Gasteiger partial charge in [-0.15, -0.1) is 0 Å². The van der Waals surface area contributed by atoms with Gasteiger partial charge in [0.05, 0.1) is 17.9 Å². The van der Waals surface area contributed by atoms with Gasteiger partial charge in [0.2, 0.25) is 14.9 Å². The maximum atomic E-state index is 13.5. The maximum Gasteiger partial charge on any atom is 0.442 e. The van der Waals surface area contributed by atoms with Gasteiger partial charge >= 0.3 is 11.7 Å². The minimum Gasteiger partial charge on any atom is -0.453 e. The first-order chi connectivity index (χ1) is 15.5. The van der Waals surface area contributed by atoms with Crippen molar-refractivity contribution in [2.75, 3.05) is 13.2 Å². The second-order valence-corrected chi connectivity index (χ2v) is 11.4. The molecule has 1 radical (unpaired) electrons. The van der Waals surface area contributed by atoms with E-state index in [1.165, 1.54) is 6.08 Å². The number of β-lactam (4-membered cyclic amide) rings is 1. The number of ketones is 1. The van der Waals surface area contributed by atoms with Crippen LogP contribution in [0.15, 0.2) is 43.0 Å². The van der Waals surface area contributed by atoms with Crippen LogP contribution in [-0.4, -0.2) is 56.5 Å². The van der Waals surface area contributed by atoms with Crippen molar-refractivity contribution >= 4 is 32.4 Å². The molecular formula is C24H32N3O5Si. The van der Waals surface area contributed by atoms with E-state index in [2.05, 4.69) is 16.7 Å². The molecule has 0 spiro atoms. The Kier molecular flexibility index (Phi) is 9.05. The number of carbonyl (C=O) groups is 3. The van der Waals surface area contributed by atoms with Crippen LogP contribution in [-0.2, 0) is 23.5 Å². The quantitative estimate of drug-likeness (QED) is 0.0780.